The lowest BCUT2D eigenvalue weighted by Crippen LogP contribution is -2.41. The number of benzene rings is 5. The van der Waals surface area contributed by atoms with Crippen LogP contribution in [0.4, 0.5) is 42.1 Å². The fourth-order valence-electron chi connectivity index (χ4n) is 9.85. The number of ketones is 2. The van der Waals surface area contributed by atoms with Crippen LogP contribution < -0.4 is 25.2 Å². The van der Waals surface area contributed by atoms with E-state index >= 15 is 13.2 Å². The standard InChI is InChI=1S/C27H33BF2N4O6S.C22H18F3N5O5S2.C6H3BrClFO2S.C6H5BrFNO2S/c1-6-13-41(36,37)33-19-11-10-18(29)21(22(19)30)24(35)23-17-14-16(28-39-26(2,3)27(4,5)40-28)15-31-25(17)34(32-23)20-9-7-8-12-38-20;1-2-7-36(32,33)30-16-5-4-14(23)18(19(16)25)21(31)20-13-8-12(10-27-22(13)29-28-20)11-3-6-17(15(24)9-11)37(26,34)35;7-4-1-2-6(5(9)3-4)12(8,10)11;7-4-1-2-6(5(8)3-4)12(9,10)11/h10-11,14-15,20,33H,6-9,12-13H2,1-5H3;3-6,8-10,30H,2,7H2,1H3,(H2,26,34,35)(H,27,28,29);1-3H;1-3H,(H2,9,10,11). The predicted molar refractivity (Wildman–Crippen MR) is 370 cm³/mol. The van der Waals surface area contributed by atoms with Gasteiger partial charge in [0.15, 0.2) is 29.2 Å². The van der Waals surface area contributed by atoms with Gasteiger partial charge in [0, 0.05) is 49.7 Å². The lowest BCUT2D eigenvalue weighted by atomic mass is 9.80. The topological polar surface area (TPSA) is 381 Å². The monoisotopic (exact) mass is 1670 g/mol. The van der Waals surface area contributed by atoms with E-state index in [1.54, 1.807) is 26.1 Å². The summed E-state index contributed by atoms with van der Waals surface area (Å²) in [4.78, 5) is 33.9. The molecule has 9 aromatic rings. The van der Waals surface area contributed by atoms with Crippen LogP contribution in [0.1, 0.15) is 112 Å². The van der Waals surface area contributed by atoms with Crippen LogP contribution in [-0.2, 0) is 63.2 Å². The number of nitrogens with zero attached hydrogens (tertiary/aromatic N) is 5. The molecule has 0 bridgehead atoms. The molecule has 41 heteroatoms. The maximum Gasteiger partial charge on any atom is 0.496 e. The fraction of sp³-hybridized carbons (Fsp3) is 0.279. The summed E-state index contributed by atoms with van der Waals surface area (Å²) in [5.74, 6) is -10.8. The number of pyridine rings is 2. The molecule has 6 heterocycles. The zero-order valence-electron chi connectivity index (χ0n) is 54.0. The highest BCUT2D eigenvalue weighted by Gasteiger charge is 2.52. The van der Waals surface area contributed by atoms with Crippen molar-refractivity contribution in [3.05, 3.63) is 176 Å². The van der Waals surface area contributed by atoms with Crippen molar-refractivity contribution in [3.8, 4) is 11.1 Å². The highest BCUT2D eigenvalue weighted by atomic mass is 79.9. The third-order valence-electron chi connectivity index (χ3n) is 15.4. The van der Waals surface area contributed by atoms with Crippen LogP contribution in [0.5, 0.6) is 0 Å². The SMILES string of the molecule is CCCS(=O)(=O)Nc1ccc(F)c(C(=O)c2[nH]nc3ncc(-c4ccc(S(N)(=O)=O)c(F)c4)cc23)c1F.CCCS(=O)(=O)Nc1ccc(F)c(C(=O)c2nn(C3CCCCO3)c3ncc(B4OC(C)(C)C(C)(C)O4)cc23)c1F.NS(=O)(=O)c1ccc(Br)cc1F.O=S(=O)(Cl)c1ccc(Br)cc1F. The smallest absolute Gasteiger partial charge is 0.399 e. The Bertz CT molecular complexity index is 5280. The molecule has 11 rings (SSSR count). The first-order chi connectivity index (χ1) is 47.4. The van der Waals surface area contributed by atoms with Gasteiger partial charge < -0.3 is 14.0 Å². The average Bonchev–Trinajstić information content (AvgIpc) is 1.60. The van der Waals surface area contributed by atoms with Gasteiger partial charge in [-0.05, 0) is 150 Å². The number of ether oxygens (including phenoxy) is 1. The molecule has 0 amide bonds. The molecule has 2 aliphatic rings. The molecule has 2 aliphatic heterocycles. The zero-order valence-corrected chi connectivity index (χ0v) is 62.0. The molecule has 0 aliphatic carbocycles. The van der Waals surface area contributed by atoms with Crippen molar-refractivity contribution < 1.29 is 96.5 Å². The summed E-state index contributed by atoms with van der Waals surface area (Å²) in [7, 11) is -15.9. The van der Waals surface area contributed by atoms with Crippen LogP contribution in [0.2, 0.25) is 0 Å². The second-order valence-electron chi connectivity index (χ2n) is 23.4. The number of primary sulfonamides is 2. The summed E-state index contributed by atoms with van der Waals surface area (Å²) in [6, 6.07) is 16.6. The highest BCUT2D eigenvalue weighted by Crippen LogP contribution is 2.38. The number of nitrogens with one attached hydrogen (secondary N) is 3. The number of aromatic nitrogens is 6. The van der Waals surface area contributed by atoms with Gasteiger partial charge in [0.2, 0.25) is 51.7 Å². The molecular weight excluding hydrogens is 1610 g/mol. The van der Waals surface area contributed by atoms with E-state index in [4.69, 9.17) is 35.0 Å². The quantitative estimate of drug-likeness (QED) is 0.0230. The van der Waals surface area contributed by atoms with Crippen LogP contribution in [-0.4, -0.2) is 120 Å². The van der Waals surface area contributed by atoms with Crippen LogP contribution in [0.3, 0.4) is 0 Å². The number of sulfonamides is 4. The number of rotatable bonds is 18. The van der Waals surface area contributed by atoms with Crippen molar-refractivity contribution in [1.29, 1.82) is 0 Å². The molecule has 546 valence electrons. The van der Waals surface area contributed by atoms with Gasteiger partial charge in [-0.3, -0.25) is 24.1 Å². The van der Waals surface area contributed by atoms with Gasteiger partial charge >= 0.3 is 7.12 Å². The number of halogens is 10. The molecule has 0 saturated carbocycles. The Morgan fingerprint density at radius 2 is 1.13 bits per heavy atom. The van der Waals surface area contributed by atoms with E-state index in [1.165, 1.54) is 35.1 Å². The number of anilines is 2. The minimum absolute atomic E-state index is 0.00523. The third kappa shape index (κ3) is 18.8. The lowest BCUT2D eigenvalue weighted by molar-refractivity contribution is -0.0371. The maximum atomic E-state index is 15.6. The number of fused-ring (bicyclic) bond motifs is 2. The summed E-state index contributed by atoms with van der Waals surface area (Å²) < 4.78 is 239. The van der Waals surface area contributed by atoms with Crippen molar-refractivity contribution >= 4 is 149 Å². The summed E-state index contributed by atoms with van der Waals surface area (Å²) in [6.07, 6.45) is 5.19. The second kappa shape index (κ2) is 31.5. The maximum absolute atomic E-state index is 15.6. The normalized spacial score (nSPS) is 15.4. The molecule has 1 unspecified atom stereocenters. The van der Waals surface area contributed by atoms with E-state index in [9.17, 15) is 69.2 Å². The van der Waals surface area contributed by atoms with Crippen molar-refractivity contribution in [2.45, 2.75) is 106 Å². The van der Waals surface area contributed by atoms with E-state index in [0.717, 1.165) is 73.5 Å². The van der Waals surface area contributed by atoms with Gasteiger partial charge in [0.1, 0.15) is 55.2 Å². The minimum atomic E-state index is -4.30. The molecule has 5 aromatic carbocycles. The van der Waals surface area contributed by atoms with Crippen molar-refractivity contribution in [2.75, 3.05) is 27.6 Å². The van der Waals surface area contributed by atoms with Gasteiger partial charge in [0.05, 0.1) is 56.0 Å². The number of hydrogen-bond donors (Lipinski definition) is 5. The first-order valence-electron chi connectivity index (χ1n) is 29.8. The summed E-state index contributed by atoms with van der Waals surface area (Å²) in [5.41, 5.74) is -3.81. The Hall–Kier alpha value is -7.35. The van der Waals surface area contributed by atoms with Gasteiger partial charge in [-0.15, -0.1) is 0 Å². The van der Waals surface area contributed by atoms with Crippen LogP contribution in [0.25, 0.3) is 33.2 Å². The van der Waals surface area contributed by atoms with Crippen LogP contribution >= 0.6 is 42.5 Å². The first kappa shape index (κ1) is 80.3. The molecule has 7 N–H and O–H groups in total. The first-order valence-corrected chi connectivity index (χ1v) is 40.1. The number of carbonyl (C=O) groups excluding carboxylic acids is 2. The third-order valence-corrected chi connectivity index (χ3v) is 22.6. The average molecular weight is 1670 g/mol. The highest BCUT2D eigenvalue weighted by molar-refractivity contribution is 9.10. The number of aromatic amines is 1. The van der Waals surface area contributed by atoms with E-state index < -0.39 is 163 Å². The molecule has 102 heavy (non-hydrogen) atoms. The summed E-state index contributed by atoms with van der Waals surface area (Å²) in [6.45, 7) is 11.4. The van der Waals surface area contributed by atoms with E-state index in [1.807, 2.05) is 32.4 Å². The molecule has 2 saturated heterocycles. The molecule has 0 radical (unpaired) electrons. The largest absolute Gasteiger partial charge is 0.496 e. The predicted octanol–water partition coefficient (Wildman–Crippen LogP) is 10.9. The Kier molecular flexibility index (Phi) is 24.8. The van der Waals surface area contributed by atoms with Gasteiger partial charge in [-0.2, -0.15) is 10.2 Å². The Morgan fingerprint density at radius 3 is 1.60 bits per heavy atom. The van der Waals surface area contributed by atoms with E-state index in [2.05, 4.69) is 61.8 Å². The number of hydrogen-bond acceptors (Lipinski definition) is 19. The minimum Gasteiger partial charge on any atom is -0.399 e. The molecule has 1 atom stereocenters. The molecule has 4 aromatic heterocycles. The zero-order chi connectivity index (χ0) is 75.6. The number of nitrogens with two attached hydrogens (primary N) is 2. The van der Waals surface area contributed by atoms with E-state index in [0.29, 0.717) is 33.1 Å². The lowest BCUT2D eigenvalue weighted by Gasteiger charge is -2.32. The van der Waals surface area contributed by atoms with Crippen molar-refractivity contribution in [1.82, 2.24) is 29.9 Å². The number of carbonyl (C=O) groups is 2. The summed E-state index contributed by atoms with van der Waals surface area (Å²) in [5, 5.41) is 20.6. The Morgan fingerprint density at radius 1 is 0.627 bits per heavy atom. The van der Waals surface area contributed by atoms with Gasteiger partial charge in [-0.1, -0.05) is 51.8 Å². The van der Waals surface area contributed by atoms with Crippen LogP contribution in [0, 0.1) is 40.7 Å². The van der Waals surface area contributed by atoms with Crippen molar-refractivity contribution in [3.63, 3.8) is 0 Å². The number of H-pyrrole nitrogens is 1. The van der Waals surface area contributed by atoms with Gasteiger partial charge in [-0.25, -0.2) is 97.7 Å². The van der Waals surface area contributed by atoms with E-state index in [-0.39, 0.29) is 63.3 Å². The molecular formula is C61H59BBr2ClF7N10O15S5. The fourth-order valence-corrected chi connectivity index (χ4v) is 14.9. The Labute approximate surface area is 601 Å². The Balaban J connectivity index is 0.000000196. The molecule has 2 fully saturated rings. The van der Waals surface area contributed by atoms with Crippen LogP contribution in [0.15, 0.2) is 127 Å². The molecule has 25 nitrogen and oxygen atoms in total. The van der Waals surface area contributed by atoms with Crippen molar-refractivity contribution in [2.24, 2.45) is 10.3 Å². The molecule has 0 spiro atoms. The van der Waals surface area contributed by atoms with Gasteiger partial charge in [0.25, 0.3) is 9.05 Å². The summed E-state index contributed by atoms with van der Waals surface area (Å²) >= 11 is 5.97. The second-order valence-corrected chi connectivity index (χ2v) is 34.5.